The minimum atomic E-state index is -0.250. The maximum absolute atomic E-state index is 13.7. The van der Waals surface area contributed by atoms with Crippen LogP contribution >= 0.6 is 0 Å². The maximum Gasteiger partial charge on any atom is 0.125 e. The second kappa shape index (κ2) is 8.73. The van der Waals surface area contributed by atoms with Crippen molar-refractivity contribution >= 4 is 11.4 Å². The van der Waals surface area contributed by atoms with Gasteiger partial charge in [0.2, 0.25) is 0 Å². The number of halogens is 1. The van der Waals surface area contributed by atoms with E-state index in [1.54, 1.807) is 6.07 Å². The average Bonchev–Trinajstić information content (AvgIpc) is 2.60. The van der Waals surface area contributed by atoms with Crippen molar-refractivity contribution in [1.82, 2.24) is 4.90 Å². The molecule has 1 fully saturated rings. The third-order valence-corrected chi connectivity index (χ3v) is 5.45. The van der Waals surface area contributed by atoms with E-state index in [0.29, 0.717) is 11.8 Å². The van der Waals surface area contributed by atoms with E-state index >= 15 is 0 Å². The zero-order valence-corrected chi connectivity index (χ0v) is 17.0. The van der Waals surface area contributed by atoms with Gasteiger partial charge in [-0.2, -0.15) is 0 Å². The molecule has 0 radical (unpaired) electrons. The second-order valence-corrected chi connectivity index (χ2v) is 7.63. The summed E-state index contributed by atoms with van der Waals surface area (Å²) in [4.78, 5) is 7.08. The summed E-state index contributed by atoms with van der Waals surface area (Å²) in [6.45, 7) is 6.30. The van der Waals surface area contributed by atoms with Gasteiger partial charge in [-0.3, -0.25) is 4.99 Å². The monoisotopic (exact) mass is 370 g/mol. The highest BCUT2D eigenvalue weighted by Gasteiger charge is 2.28. The summed E-state index contributed by atoms with van der Waals surface area (Å²) in [7, 11) is 2.10. The molecule has 1 aromatic carbocycles. The van der Waals surface area contributed by atoms with E-state index in [1.807, 2.05) is 6.92 Å². The Morgan fingerprint density at radius 1 is 1.30 bits per heavy atom. The molecule has 1 aromatic rings. The summed E-state index contributed by atoms with van der Waals surface area (Å²) in [6.07, 6.45) is 11.1. The Morgan fingerprint density at radius 2 is 2.07 bits per heavy atom. The molecule has 3 rings (SSSR count). The normalized spacial score (nSPS) is 20.9. The number of hydrogen-bond acceptors (Lipinski definition) is 3. The van der Waals surface area contributed by atoms with Gasteiger partial charge in [0.1, 0.15) is 11.6 Å². The summed E-state index contributed by atoms with van der Waals surface area (Å²) < 4.78 is 20.0. The maximum atomic E-state index is 13.7. The van der Waals surface area contributed by atoms with Crippen molar-refractivity contribution in [1.29, 1.82) is 0 Å². The lowest BCUT2D eigenvalue weighted by Gasteiger charge is -2.36. The Kier molecular flexibility index (Phi) is 6.35. The van der Waals surface area contributed by atoms with Crippen LogP contribution in [0, 0.1) is 12.7 Å². The molecular formula is C23H31FN2O. The quantitative estimate of drug-likeness (QED) is 0.544. The molecule has 2 aliphatic rings. The molecular weight excluding hydrogens is 339 g/mol. The standard InChI is InChI=1S/C23H31FN2O/c1-5-8-20(25-21-14-18(24)12-11-16(21)3)17-13-23(27-19-9-7-10-19)22(6-2)26(4)15-17/h11-15,19,22H,5-10H2,1-4H3. The molecule has 1 aliphatic carbocycles. The molecule has 0 N–H and O–H groups in total. The minimum absolute atomic E-state index is 0.250. The minimum Gasteiger partial charge on any atom is -0.493 e. The number of rotatable bonds is 7. The summed E-state index contributed by atoms with van der Waals surface area (Å²) >= 11 is 0. The van der Waals surface area contributed by atoms with Crippen molar-refractivity contribution in [3.8, 4) is 0 Å². The molecule has 1 aliphatic heterocycles. The van der Waals surface area contributed by atoms with Crippen molar-refractivity contribution in [2.45, 2.75) is 71.4 Å². The fourth-order valence-electron chi connectivity index (χ4n) is 3.59. The molecule has 0 aromatic heterocycles. The van der Waals surface area contributed by atoms with Gasteiger partial charge in [0, 0.05) is 24.5 Å². The topological polar surface area (TPSA) is 24.8 Å². The number of hydrogen-bond donors (Lipinski definition) is 0. The van der Waals surface area contributed by atoms with Gasteiger partial charge in [0.05, 0.1) is 17.8 Å². The SMILES string of the molecule is CCCC(=Nc1cc(F)ccc1C)C1=CN(C)C(CC)C(OC2CCC2)=C1. The fourth-order valence-corrected chi connectivity index (χ4v) is 3.59. The van der Waals surface area contributed by atoms with Gasteiger partial charge < -0.3 is 9.64 Å². The van der Waals surface area contributed by atoms with Crippen LogP contribution in [0.1, 0.15) is 57.9 Å². The number of allylic oxidation sites excluding steroid dienone is 2. The molecule has 0 amide bonds. The Balaban J connectivity index is 1.95. The van der Waals surface area contributed by atoms with Gasteiger partial charge in [-0.15, -0.1) is 0 Å². The van der Waals surface area contributed by atoms with Crippen LogP contribution < -0.4 is 0 Å². The first-order chi connectivity index (χ1) is 13.0. The fraction of sp³-hybridized carbons (Fsp3) is 0.522. The number of nitrogens with zero attached hydrogens (tertiary/aromatic N) is 2. The zero-order chi connectivity index (χ0) is 19.4. The molecule has 0 bridgehead atoms. The van der Waals surface area contributed by atoms with Crippen LogP contribution in [0.3, 0.4) is 0 Å². The number of ether oxygens (including phenoxy) is 1. The van der Waals surface area contributed by atoms with Gasteiger partial charge >= 0.3 is 0 Å². The highest BCUT2D eigenvalue weighted by molar-refractivity contribution is 6.04. The van der Waals surface area contributed by atoms with Crippen LogP contribution in [0.15, 0.2) is 46.8 Å². The number of benzene rings is 1. The van der Waals surface area contributed by atoms with Crippen molar-refractivity contribution < 1.29 is 9.13 Å². The lowest BCUT2D eigenvalue weighted by atomic mass is 9.95. The lowest BCUT2D eigenvalue weighted by Crippen LogP contribution is -2.36. The molecule has 146 valence electrons. The third-order valence-electron chi connectivity index (χ3n) is 5.45. The second-order valence-electron chi connectivity index (χ2n) is 7.63. The van der Waals surface area contributed by atoms with Crippen LogP contribution in [0.4, 0.5) is 10.1 Å². The summed E-state index contributed by atoms with van der Waals surface area (Å²) in [5.74, 6) is 0.794. The smallest absolute Gasteiger partial charge is 0.125 e. The molecule has 0 spiro atoms. The summed E-state index contributed by atoms with van der Waals surface area (Å²) in [5.41, 5.74) is 3.75. The Labute approximate surface area is 162 Å². The number of aryl methyl sites for hydroxylation is 1. The van der Waals surface area contributed by atoms with Gasteiger partial charge in [-0.1, -0.05) is 26.3 Å². The molecule has 1 atom stereocenters. The van der Waals surface area contributed by atoms with Crippen LogP contribution in [0.2, 0.25) is 0 Å². The first-order valence-electron chi connectivity index (χ1n) is 10.2. The van der Waals surface area contributed by atoms with E-state index in [9.17, 15) is 4.39 Å². The predicted molar refractivity (Wildman–Crippen MR) is 110 cm³/mol. The third kappa shape index (κ3) is 4.60. The highest BCUT2D eigenvalue weighted by atomic mass is 19.1. The first kappa shape index (κ1) is 19.7. The summed E-state index contributed by atoms with van der Waals surface area (Å²) in [6, 6.07) is 5.06. The molecule has 0 saturated heterocycles. The van der Waals surface area contributed by atoms with E-state index < -0.39 is 0 Å². The van der Waals surface area contributed by atoms with Gasteiger partial charge in [0.25, 0.3) is 0 Å². The van der Waals surface area contributed by atoms with Gasteiger partial charge in [-0.25, -0.2) is 4.39 Å². The molecule has 1 unspecified atom stereocenters. The molecule has 1 saturated carbocycles. The van der Waals surface area contributed by atoms with Gasteiger partial charge in [0.15, 0.2) is 0 Å². The van der Waals surface area contributed by atoms with E-state index in [1.165, 1.54) is 18.6 Å². The number of aliphatic imine (C=N–C) groups is 1. The summed E-state index contributed by atoms with van der Waals surface area (Å²) in [5, 5.41) is 0. The van der Waals surface area contributed by atoms with Crippen molar-refractivity contribution in [2.75, 3.05) is 7.05 Å². The van der Waals surface area contributed by atoms with Crippen LogP contribution in [0.5, 0.6) is 0 Å². The largest absolute Gasteiger partial charge is 0.493 e. The van der Waals surface area contributed by atoms with E-state index in [0.717, 1.165) is 54.7 Å². The molecule has 3 nitrogen and oxygen atoms in total. The Morgan fingerprint density at radius 3 is 2.70 bits per heavy atom. The van der Waals surface area contributed by atoms with Crippen LogP contribution in [-0.2, 0) is 4.74 Å². The molecule has 4 heteroatoms. The van der Waals surface area contributed by atoms with E-state index in [-0.39, 0.29) is 11.9 Å². The molecule has 1 heterocycles. The average molecular weight is 371 g/mol. The van der Waals surface area contributed by atoms with Crippen molar-refractivity contribution in [3.63, 3.8) is 0 Å². The van der Waals surface area contributed by atoms with Crippen LogP contribution in [-0.4, -0.2) is 29.8 Å². The Bertz CT molecular complexity index is 762. The predicted octanol–water partition coefficient (Wildman–Crippen LogP) is 6.07. The zero-order valence-electron chi connectivity index (χ0n) is 17.0. The Hall–Kier alpha value is -2.10. The van der Waals surface area contributed by atoms with Crippen molar-refractivity contribution in [3.05, 3.63) is 53.2 Å². The van der Waals surface area contributed by atoms with Gasteiger partial charge in [-0.05, 0) is 62.8 Å². The van der Waals surface area contributed by atoms with E-state index in [4.69, 9.17) is 9.73 Å². The van der Waals surface area contributed by atoms with E-state index in [2.05, 4.69) is 38.1 Å². The molecule has 27 heavy (non-hydrogen) atoms. The highest BCUT2D eigenvalue weighted by Crippen LogP contribution is 2.31. The first-order valence-corrected chi connectivity index (χ1v) is 10.2. The lowest BCUT2D eigenvalue weighted by molar-refractivity contribution is 0.0299. The van der Waals surface area contributed by atoms with Crippen molar-refractivity contribution in [2.24, 2.45) is 4.99 Å². The number of likely N-dealkylation sites (N-methyl/N-ethyl adjacent to an activating group) is 1. The van der Waals surface area contributed by atoms with Crippen LogP contribution in [0.25, 0.3) is 0 Å².